The van der Waals surface area contributed by atoms with Crippen LogP contribution in [0.5, 0.6) is 5.75 Å². The molecular weight excluding hydrogens is 188 g/mol. The zero-order chi connectivity index (χ0) is 10.8. The fraction of sp³-hybridized carbons (Fsp3) is 0.500. The van der Waals surface area contributed by atoms with E-state index in [9.17, 15) is 5.11 Å². The van der Waals surface area contributed by atoms with Crippen LogP contribution < -0.4 is 10.2 Å². The van der Waals surface area contributed by atoms with Crippen molar-refractivity contribution >= 4 is 5.69 Å². The van der Waals surface area contributed by atoms with Gasteiger partial charge in [-0.1, -0.05) is 6.07 Å². The zero-order valence-corrected chi connectivity index (χ0v) is 9.33. The number of hydrogen-bond donors (Lipinski definition) is 2. The van der Waals surface area contributed by atoms with Crippen molar-refractivity contribution < 1.29 is 5.11 Å². The first-order chi connectivity index (χ1) is 7.24. The van der Waals surface area contributed by atoms with Crippen molar-refractivity contribution in [2.24, 2.45) is 0 Å². The van der Waals surface area contributed by atoms with Crippen LogP contribution >= 0.6 is 0 Å². The van der Waals surface area contributed by atoms with Crippen LogP contribution in [0.15, 0.2) is 18.2 Å². The number of phenolic OH excluding ortho intramolecular Hbond substituents is 1. The molecule has 1 aromatic carbocycles. The average molecular weight is 206 g/mol. The molecule has 0 spiro atoms. The van der Waals surface area contributed by atoms with E-state index in [-0.39, 0.29) is 0 Å². The van der Waals surface area contributed by atoms with Gasteiger partial charge in [-0.2, -0.15) is 0 Å². The molecule has 0 bridgehead atoms. The highest BCUT2D eigenvalue weighted by molar-refractivity contribution is 5.64. The van der Waals surface area contributed by atoms with Gasteiger partial charge in [-0.25, -0.2) is 0 Å². The van der Waals surface area contributed by atoms with Gasteiger partial charge in [-0.05, 0) is 32.1 Å². The SMILES string of the molecule is CNCCC1CN(C)c2cccc(O)c21. The van der Waals surface area contributed by atoms with Gasteiger partial charge in [0.25, 0.3) is 0 Å². The maximum absolute atomic E-state index is 9.87. The van der Waals surface area contributed by atoms with E-state index in [4.69, 9.17) is 0 Å². The summed E-state index contributed by atoms with van der Waals surface area (Å²) in [4.78, 5) is 2.22. The first-order valence-corrected chi connectivity index (χ1v) is 5.41. The molecule has 82 valence electrons. The monoisotopic (exact) mass is 206 g/mol. The standard InChI is InChI=1S/C12H18N2O/c1-13-7-6-9-8-14(2)10-4-3-5-11(15)12(9)10/h3-5,9,13,15H,6-8H2,1-2H3. The molecule has 15 heavy (non-hydrogen) atoms. The van der Waals surface area contributed by atoms with Gasteiger partial charge in [0.15, 0.2) is 0 Å². The lowest BCUT2D eigenvalue weighted by Crippen LogP contribution is -2.18. The molecule has 1 aliphatic heterocycles. The molecule has 1 atom stereocenters. The largest absolute Gasteiger partial charge is 0.508 e. The van der Waals surface area contributed by atoms with Crippen molar-refractivity contribution in [3.8, 4) is 5.75 Å². The van der Waals surface area contributed by atoms with Crippen LogP contribution in [0.4, 0.5) is 5.69 Å². The van der Waals surface area contributed by atoms with Gasteiger partial charge < -0.3 is 15.3 Å². The minimum absolute atomic E-state index is 0.443. The summed E-state index contributed by atoms with van der Waals surface area (Å²) in [7, 11) is 4.04. The molecule has 1 heterocycles. The van der Waals surface area contributed by atoms with Gasteiger partial charge in [-0.15, -0.1) is 0 Å². The second-order valence-electron chi connectivity index (χ2n) is 4.18. The fourth-order valence-corrected chi connectivity index (χ4v) is 2.37. The van der Waals surface area contributed by atoms with Crippen molar-refractivity contribution in [3.63, 3.8) is 0 Å². The number of hydrogen-bond acceptors (Lipinski definition) is 3. The Morgan fingerprint density at radius 2 is 2.33 bits per heavy atom. The normalized spacial score (nSPS) is 19.3. The summed E-state index contributed by atoms with van der Waals surface area (Å²) in [5, 5.41) is 13.0. The highest BCUT2D eigenvalue weighted by atomic mass is 16.3. The fourth-order valence-electron chi connectivity index (χ4n) is 2.37. The number of fused-ring (bicyclic) bond motifs is 1. The molecule has 0 radical (unpaired) electrons. The molecule has 0 amide bonds. The molecule has 2 N–H and O–H groups in total. The lowest BCUT2D eigenvalue weighted by molar-refractivity contribution is 0.462. The van der Waals surface area contributed by atoms with Gasteiger partial charge in [-0.3, -0.25) is 0 Å². The Morgan fingerprint density at radius 3 is 3.07 bits per heavy atom. The summed E-state index contributed by atoms with van der Waals surface area (Å²) in [6.45, 7) is 2.00. The lowest BCUT2D eigenvalue weighted by atomic mass is 9.97. The third-order valence-electron chi connectivity index (χ3n) is 3.12. The van der Waals surface area contributed by atoms with Gasteiger partial charge in [0.1, 0.15) is 5.75 Å². The van der Waals surface area contributed by atoms with Crippen LogP contribution in [0.1, 0.15) is 17.9 Å². The van der Waals surface area contributed by atoms with Gasteiger partial charge in [0.2, 0.25) is 0 Å². The summed E-state index contributed by atoms with van der Waals surface area (Å²) >= 11 is 0. The Kier molecular flexibility index (Phi) is 2.82. The van der Waals surface area contributed by atoms with E-state index in [2.05, 4.69) is 23.3 Å². The number of anilines is 1. The van der Waals surface area contributed by atoms with Gasteiger partial charge in [0.05, 0.1) is 0 Å². The highest BCUT2D eigenvalue weighted by Gasteiger charge is 2.28. The molecule has 0 aliphatic carbocycles. The smallest absolute Gasteiger partial charge is 0.121 e. The molecule has 0 aromatic heterocycles. The van der Waals surface area contributed by atoms with Crippen LogP contribution in [-0.2, 0) is 0 Å². The topological polar surface area (TPSA) is 35.5 Å². The Balaban J connectivity index is 2.27. The summed E-state index contributed by atoms with van der Waals surface area (Å²) < 4.78 is 0. The molecule has 0 fully saturated rings. The summed E-state index contributed by atoms with van der Waals surface area (Å²) in [6.07, 6.45) is 1.07. The molecule has 3 nitrogen and oxygen atoms in total. The third-order valence-corrected chi connectivity index (χ3v) is 3.12. The van der Waals surface area contributed by atoms with E-state index >= 15 is 0 Å². The molecule has 1 aromatic rings. The predicted molar refractivity (Wildman–Crippen MR) is 62.7 cm³/mol. The van der Waals surface area contributed by atoms with E-state index in [1.165, 1.54) is 5.69 Å². The van der Waals surface area contributed by atoms with Gasteiger partial charge >= 0.3 is 0 Å². The van der Waals surface area contributed by atoms with Crippen molar-refractivity contribution in [1.29, 1.82) is 0 Å². The predicted octanol–water partition coefficient (Wildman–Crippen LogP) is 1.54. The number of aromatic hydroxyl groups is 1. The number of rotatable bonds is 3. The molecular formula is C12H18N2O. The second kappa shape index (κ2) is 4.11. The van der Waals surface area contributed by atoms with Crippen molar-refractivity contribution in [2.75, 3.05) is 32.1 Å². The van der Waals surface area contributed by atoms with Crippen LogP contribution in [0, 0.1) is 0 Å². The van der Waals surface area contributed by atoms with Crippen LogP contribution in [0.2, 0.25) is 0 Å². The van der Waals surface area contributed by atoms with E-state index in [0.29, 0.717) is 11.7 Å². The molecule has 0 saturated carbocycles. The zero-order valence-electron chi connectivity index (χ0n) is 9.33. The number of benzene rings is 1. The molecule has 2 rings (SSSR count). The summed E-state index contributed by atoms with van der Waals surface area (Å²) in [5.41, 5.74) is 2.30. The Bertz CT molecular complexity index is 351. The van der Waals surface area contributed by atoms with E-state index in [1.54, 1.807) is 6.07 Å². The minimum atomic E-state index is 0.443. The Labute approximate surface area is 90.7 Å². The molecule has 1 aliphatic rings. The minimum Gasteiger partial charge on any atom is -0.508 e. The van der Waals surface area contributed by atoms with E-state index in [0.717, 1.165) is 25.1 Å². The van der Waals surface area contributed by atoms with E-state index < -0.39 is 0 Å². The average Bonchev–Trinajstić information content (AvgIpc) is 2.55. The molecule has 3 heteroatoms. The van der Waals surface area contributed by atoms with Crippen LogP contribution in [-0.4, -0.2) is 32.3 Å². The van der Waals surface area contributed by atoms with Crippen LogP contribution in [0.25, 0.3) is 0 Å². The summed E-state index contributed by atoms with van der Waals surface area (Å²) in [6, 6.07) is 5.77. The number of nitrogens with zero attached hydrogens (tertiary/aromatic N) is 1. The molecule has 0 saturated heterocycles. The second-order valence-corrected chi connectivity index (χ2v) is 4.18. The van der Waals surface area contributed by atoms with Crippen molar-refractivity contribution in [3.05, 3.63) is 23.8 Å². The molecule has 1 unspecified atom stereocenters. The van der Waals surface area contributed by atoms with Gasteiger partial charge in [0, 0.05) is 30.8 Å². The first kappa shape index (κ1) is 10.3. The number of likely N-dealkylation sites (N-methyl/N-ethyl adjacent to an activating group) is 1. The van der Waals surface area contributed by atoms with Crippen molar-refractivity contribution in [1.82, 2.24) is 5.32 Å². The van der Waals surface area contributed by atoms with E-state index in [1.807, 2.05) is 13.1 Å². The first-order valence-electron chi connectivity index (χ1n) is 5.41. The summed E-state index contributed by atoms with van der Waals surface area (Å²) in [5.74, 6) is 0.900. The van der Waals surface area contributed by atoms with Crippen molar-refractivity contribution in [2.45, 2.75) is 12.3 Å². The Morgan fingerprint density at radius 1 is 1.53 bits per heavy atom. The maximum atomic E-state index is 9.87. The Hall–Kier alpha value is -1.22. The van der Waals surface area contributed by atoms with Crippen LogP contribution in [0.3, 0.4) is 0 Å². The lowest BCUT2D eigenvalue weighted by Gasteiger charge is -2.12. The number of nitrogens with one attached hydrogen (secondary N) is 1. The highest BCUT2D eigenvalue weighted by Crippen LogP contribution is 2.42. The third kappa shape index (κ3) is 1.79. The number of phenols is 1. The quantitative estimate of drug-likeness (QED) is 0.787. The maximum Gasteiger partial charge on any atom is 0.121 e.